The lowest BCUT2D eigenvalue weighted by Gasteiger charge is -2.06. The van der Waals surface area contributed by atoms with Crippen molar-refractivity contribution in [2.45, 2.75) is 26.3 Å². The third-order valence-corrected chi connectivity index (χ3v) is 3.44. The van der Waals surface area contributed by atoms with E-state index in [2.05, 4.69) is 15.1 Å². The predicted molar refractivity (Wildman–Crippen MR) is 72.2 cm³/mol. The zero-order chi connectivity index (χ0) is 13.4. The van der Waals surface area contributed by atoms with Crippen LogP contribution in [0.4, 0.5) is 0 Å². The molecular weight excluding hydrogens is 264 g/mol. The van der Waals surface area contributed by atoms with Crippen molar-refractivity contribution in [3.63, 3.8) is 0 Å². The van der Waals surface area contributed by atoms with Gasteiger partial charge in [0.15, 0.2) is 5.65 Å². The summed E-state index contributed by atoms with van der Waals surface area (Å²) in [5.41, 5.74) is 3.62. The molecule has 0 atom stereocenters. The molecule has 98 valence electrons. The van der Waals surface area contributed by atoms with E-state index in [1.807, 2.05) is 30.5 Å². The Hall–Kier alpha value is -1.88. The second kappa shape index (κ2) is 4.66. The summed E-state index contributed by atoms with van der Waals surface area (Å²) in [6, 6.07) is 3.80. The van der Waals surface area contributed by atoms with Gasteiger partial charge >= 0.3 is 0 Å². The van der Waals surface area contributed by atoms with Crippen LogP contribution in [0.5, 0.6) is 0 Å². The van der Waals surface area contributed by atoms with Gasteiger partial charge in [0.1, 0.15) is 17.1 Å². The second-order valence-corrected chi connectivity index (χ2v) is 4.66. The summed E-state index contributed by atoms with van der Waals surface area (Å²) in [5, 5.41) is 3.97. The number of hydrogen-bond acceptors (Lipinski definition) is 4. The first-order valence-electron chi connectivity index (χ1n) is 5.98. The average Bonchev–Trinajstić information content (AvgIpc) is 2.94. The summed E-state index contributed by atoms with van der Waals surface area (Å²) >= 11 is 5.97. The normalized spacial score (nSPS) is 11.3. The molecule has 0 spiro atoms. The first kappa shape index (κ1) is 12.2. The molecule has 0 N–H and O–H groups in total. The molecule has 0 unspecified atom stereocenters. The van der Waals surface area contributed by atoms with E-state index in [1.165, 1.54) is 0 Å². The van der Waals surface area contributed by atoms with Gasteiger partial charge in [0.2, 0.25) is 0 Å². The van der Waals surface area contributed by atoms with E-state index >= 15 is 0 Å². The third kappa shape index (κ3) is 2.00. The molecule has 0 aliphatic carbocycles. The summed E-state index contributed by atoms with van der Waals surface area (Å²) in [4.78, 5) is 8.87. The van der Waals surface area contributed by atoms with Gasteiger partial charge in [0.25, 0.3) is 0 Å². The molecule has 0 saturated carbocycles. The Kier molecular flexibility index (Phi) is 2.98. The molecule has 3 rings (SSSR count). The monoisotopic (exact) mass is 276 g/mol. The fourth-order valence-corrected chi connectivity index (χ4v) is 2.36. The van der Waals surface area contributed by atoms with Gasteiger partial charge in [0.05, 0.1) is 18.1 Å². The van der Waals surface area contributed by atoms with E-state index in [1.54, 1.807) is 6.20 Å². The van der Waals surface area contributed by atoms with Crippen LogP contribution in [0.25, 0.3) is 11.2 Å². The van der Waals surface area contributed by atoms with Gasteiger partial charge in [-0.3, -0.25) is 0 Å². The van der Waals surface area contributed by atoms with Gasteiger partial charge < -0.3 is 9.09 Å². The maximum Gasteiger partial charge on any atom is 0.160 e. The third-order valence-electron chi connectivity index (χ3n) is 3.20. The molecule has 0 radical (unpaired) electrons. The highest BCUT2D eigenvalue weighted by molar-refractivity contribution is 6.16. The minimum atomic E-state index is 0.347. The minimum absolute atomic E-state index is 0.347. The van der Waals surface area contributed by atoms with E-state index in [-0.39, 0.29) is 0 Å². The van der Waals surface area contributed by atoms with Gasteiger partial charge in [-0.05, 0) is 26.0 Å². The summed E-state index contributed by atoms with van der Waals surface area (Å²) in [7, 11) is 0. The second-order valence-electron chi connectivity index (χ2n) is 4.40. The topological polar surface area (TPSA) is 56.7 Å². The number of imidazole rings is 1. The molecule has 0 amide bonds. The molecule has 0 bridgehead atoms. The molecule has 0 aliphatic heterocycles. The zero-order valence-corrected chi connectivity index (χ0v) is 11.5. The van der Waals surface area contributed by atoms with Crippen molar-refractivity contribution in [3.8, 4) is 0 Å². The van der Waals surface area contributed by atoms with Crippen molar-refractivity contribution < 1.29 is 4.52 Å². The van der Waals surface area contributed by atoms with Crippen LogP contribution in [-0.4, -0.2) is 19.7 Å². The number of halogens is 1. The van der Waals surface area contributed by atoms with Gasteiger partial charge in [0, 0.05) is 11.8 Å². The molecule has 3 heterocycles. The largest absolute Gasteiger partial charge is 0.361 e. The maximum atomic E-state index is 5.97. The molecule has 0 fully saturated rings. The van der Waals surface area contributed by atoms with Crippen LogP contribution in [0, 0.1) is 13.8 Å². The molecular formula is C13H13ClN4O. The van der Waals surface area contributed by atoms with Crippen molar-refractivity contribution in [3.05, 3.63) is 41.2 Å². The quantitative estimate of drug-likeness (QED) is 0.690. The highest BCUT2D eigenvalue weighted by Crippen LogP contribution is 2.20. The summed E-state index contributed by atoms with van der Waals surface area (Å²) < 4.78 is 7.20. The van der Waals surface area contributed by atoms with Crippen molar-refractivity contribution in [2.24, 2.45) is 0 Å². The highest BCUT2D eigenvalue weighted by Gasteiger charge is 2.15. The summed E-state index contributed by atoms with van der Waals surface area (Å²) in [6.45, 7) is 4.46. The number of aromatic nitrogens is 4. The lowest BCUT2D eigenvalue weighted by molar-refractivity contribution is 0.392. The summed E-state index contributed by atoms with van der Waals surface area (Å²) in [5.74, 6) is 1.96. The van der Waals surface area contributed by atoms with E-state index in [0.29, 0.717) is 12.4 Å². The molecule has 3 aromatic heterocycles. The van der Waals surface area contributed by atoms with Crippen LogP contribution < -0.4 is 0 Å². The summed E-state index contributed by atoms with van der Waals surface area (Å²) in [6.07, 6.45) is 1.76. The smallest absolute Gasteiger partial charge is 0.160 e. The molecule has 5 nitrogen and oxygen atoms in total. The Morgan fingerprint density at radius 3 is 2.89 bits per heavy atom. The number of pyridine rings is 1. The Morgan fingerprint density at radius 2 is 2.21 bits per heavy atom. The standard InChI is InChI=1S/C13H13ClN4O/c1-8-10(9(2)19-17-8)7-18-12(6-14)16-11-4-3-5-15-13(11)18/h3-5H,6-7H2,1-2H3. The van der Waals surface area contributed by atoms with E-state index in [0.717, 1.165) is 34.0 Å². The number of fused-ring (bicyclic) bond motifs is 1. The SMILES string of the molecule is Cc1noc(C)c1Cn1c(CCl)nc2cccnc21. The Bertz CT molecular complexity index is 712. The van der Waals surface area contributed by atoms with Crippen molar-refractivity contribution in [2.75, 3.05) is 0 Å². The van der Waals surface area contributed by atoms with Crippen LogP contribution >= 0.6 is 11.6 Å². The van der Waals surface area contributed by atoms with Crippen molar-refractivity contribution in [1.82, 2.24) is 19.7 Å². The van der Waals surface area contributed by atoms with E-state index < -0.39 is 0 Å². The first-order chi connectivity index (χ1) is 9.20. The number of aryl methyl sites for hydroxylation is 2. The highest BCUT2D eigenvalue weighted by atomic mass is 35.5. The Balaban J connectivity index is 2.14. The average molecular weight is 277 g/mol. The first-order valence-corrected chi connectivity index (χ1v) is 6.52. The molecule has 0 saturated heterocycles. The number of hydrogen-bond donors (Lipinski definition) is 0. The Labute approximate surface area is 115 Å². The molecule has 6 heteroatoms. The van der Waals surface area contributed by atoms with Crippen LogP contribution in [0.1, 0.15) is 22.8 Å². The molecule has 0 aliphatic rings. The van der Waals surface area contributed by atoms with E-state index in [9.17, 15) is 0 Å². The number of alkyl halides is 1. The lowest BCUT2D eigenvalue weighted by atomic mass is 10.2. The van der Waals surface area contributed by atoms with Crippen molar-refractivity contribution in [1.29, 1.82) is 0 Å². The number of rotatable bonds is 3. The van der Waals surface area contributed by atoms with Crippen LogP contribution in [0.3, 0.4) is 0 Å². The van der Waals surface area contributed by atoms with Crippen molar-refractivity contribution >= 4 is 22.8 Å². The number of nitrogens with zero attached hydrogens (tertiary/aromatic N) is 4. The van der Waals surface area contributed by atoms with Gasteiger partial charge in [-0.15, -0.1) is 11.6 Å². The molecule has 19 heavy (non-hydrogen) atoms. The van der Waals surface area contributed by atoms with E-state index in [4.69, 9.17) is 16.1 Å². The van der Waals surface area contributed by atoms with Gasteiger partial charge in [-0.1, -0.05) is 5.16 Å². The maximum absolute atomic E-state index is 5.97. The van der Waals surface area contributed by atoms with Crippen LogP contribution in [0.2, 0.25) is 0 Å². The zero-order valence-electron chi connectivity index (χ0n) is 10.7. The fourth-order valence-electron chi connectivity index (χ4n) is 2.16. The molecule has 3 aromatic rings. The fraction of sp³-hybridized carbons (Fsp3) is 0.308. The van der Waals surface area contributed by atoms with Gasteiger partial charge in [-0.25, -0.2) is 9.97 Å². The lowest BCUT2D eigenvalue weighted by Crippen LogP contribution is -2.06. The molecule has 0 aromatic carbocycles. The van der Waals surface area contributed by atoms with Gasteiger partial charge in [-0.2, -0.15) is 0 Å². The minimum Gasteiger partial charge on any atom is -0.361 e. The predicted octanol–water partition coefficient (Wildman–Crippen LogP) is 2.82. The van der Waals surface area contributed by atoms with Crippen LogP contribution in [0.15, 0.2) is 22.9 Å². The Morgan fingerprint density at radius 1 is 1.37 bits per heavy atom. The van der Waals surface area contributed by atoms with Crippen LogP contribution in [-0.2, 0) is 12.4 Å².